The van der Waals surface area contributed by atoms with Gasteiger partial charge in [0.15, 0.2) is 4.80 Å². The summed E-state index contributed by atoms with van der Waals surface area (Å²) in [6.45, 7) is 5.97. The maximum Gasteiger partial charge on any atom is 0.258 e. The smallest absolute Gasteiger partial charge is 0.258 e. The number of benzene rings is 1. The Hall–Kier alpha value is -1.60. The molecular weight excluding hydrogens is 366 g/mol. The van der Waals surface area contributed by atoms with Gasteiger partial charge in [-0.2, -0.15) is 4.99 Å². The molecule has 2 amide bonds. The van der Waals surface area contributed by atoms with E-state index in [1.807, 2.05) is 16.5 Å². The molecule has 2 heterocycles. The molecule has 0 spiro atoms. The lowest BCUT2D eigenvalue weighted by Gasteiger charge is -2.30. The molecule has 0 N–H and O–H groups in total. The highest BCUT2D eigenvalue weighted by molar-refractivity contribution is 8.00. The van der Waals surface area contributed by atoms with Gasteiger partial charge in [0, 0.05) is 20.1 Å². The number of fused-ring (bicyclic) bond motifs is 1. The maximum absolute atomic E-state index is 12.2. The number of rotatable bonds is 4. The molecule has 26 heavy (non-hydrogen) atoms. The SMILES string of the molecule is Cc1ccc2c(c1)sc(=NC(=O)CSCC(=O)N1CCC(C)CC1)n2C. The van der Waals surface area contributed by atoms with E-state index >= 15 is 0 Å². The van der Waals surface area contributed by atoms with Gasteiger partial charge >= 0.3 is 0 Å². The summed E-state index contributed by atoms with van der Waals surface area (Å²) in [5.74, 6) is 1.25. The number of aromatic nitrogens is 1. The molecule has 1 aliphatic rings. The van der Waals surface area contributed by atoms with E-state index in [1.165, 1.54) is 28.7 Å². The van der Waals surface area contributed by atoms with Gasteiger partial charge in [0.05, 0.1) is 21.7 Å². The van der Waals surface area contributed by atoms with Crippen LogP contribution in [0.4, 0.5) is 0 Å². The molecule has 1 fully saturated rings. The van der Waals surface area contributed by atoms with Gasteiger partial charge in [0.1, 0.15) is 0 Å². The van der Waals surface area contributed by atoms with Gasteiger partial charge in [0.2, 0.25) is 5.91 Å². The van der Waals surface area contributed by atoms with Crippen LogP contribution in [0.1, 0.15) is 25.3 Å². The summed E-state index contributed by atoms with van der Waals surface area (Å²) in [6, 6.07) is 6.22. The van der Waals surface area contributed by atoms with E-state index in [-0.39, 0.29) is 17.6 Å². The third kappa shape index (κ3) is 4.57. The van der Waals surface area contributed by atoms with E-state index in [0.717, 1.165) is 36.1 Å². The standard InChI is InChI=1S/C19H25N3O2S2/c1-13-6-8-22(9-7-13)18(24)12-25-11-17(23)20-19-21(3)15-5-4-14(2)10-16(15)26-19/h4-5,10,13H,6-9,11-12H2,1-3H3. The van der Waals surface area contributed by atoms with Crippen molar-refractivity contribution in [3.05, 3.63) is 28.6 Å². The average Bonchev–Trinajstić information content (AvgIpc) is 2.90. The number of piperidine rings is 1. The molecule has 1 aromatic heterocycles. The van der Waals surface area contributed by atoms with E-state index in [4.69, 9.17) is 0 Å². The highest BCUT2D eigenvalue weighted by atomic mass is 32.2. The van der Waals surface area contributed by atoms with Crippen LogP contribution in [0.3, 0.4) is 0 Å². The summed E-state index contributed by atoms with van der Waals surface area (Å²) >= 11 is 2.88. The zero-order valence-electron chi connectivity index (χ0n) is 15.5. The first-order valence-corrected chi connectivity index (χ1v) is 10.9. The molecule has 0 radical (unpaired) electrons. The molecule has 2 aromatic rings. The minimum Gasteiger partial charge on any atom is -0.342 e. The number of thiazole rings is 1. The number of hydrogen-bond acceptors (Lipinski definition) is 4. The summed E-state index contributed by atoms with van der Waals surface area (Å²) in [7, 11) is 1.92. The molecule has 140 valence electrons. The first-order valence-electron chi connectivity index (χ1n) is 8.93. The Morgan fingerprint density at radius 3 is 2.73 bits per heavy atom. The van der Waals surface area contributed by atoms with Crippen LogP contribution in [0.15, 0.2) is 23.2 Å². The van der Waals surface area contributed by atoms with Crippen molar-refractivity contribution in [2.24, 2.45) is 18.0 Å². The summed E-state index contributed by atoms with van der Waals surface area (Å²) in [5.41, 5.74) is 2.27. The molecule has 0 saturated carbocycles. The lowest BCUT2D eigenvalue weighted by Crippen LogP contribution is -2.39. The molecule has 3 rings (SSSR count). The summed E-state index contributed by atoms with van der Waals surface area (Å²) in [4.78, 5) is 31.3. The van der Waals surface area contributed by atoms with Crippen molar-refractivity contribution in [1.82, 2.24) is 9.47 Å². The number of nitrogens with zero attached hydrogens (tertiary/aromatic N) is 3. The molecule has 0 bridgehead atoms. The molecule has 1 aliphatic heterocycles. The third-order valence-electron chi connectivity index (χ3n) is 4.77. The number of hydrogen-bond donors (Lipinski definition) is 0. The van der Waals surface area contributed by atoms with E-state index < -0.39 is 0 Å². The van der Waals surface area contributed by atoms with Gasteiger partial charge < -0.3 is 9.47 Å². The number of amides is 2. The van der Waals surface area contributed by atoms with Crippen molar-refractivity contribution < 1.29 is 9.59 Å². The summed E-state index contributed by atoms with van der Waals surface area (Å²) in [5, 5.41) is 0. The van der Waals surface area contributed by atoms with E-state index in [2.05, 4.69) is 37.0 Å². The zero-order valence-corrected chi connectivity index (χ0v) is 17.2. The quantitative estimate of drug-likeness (QED) is 0.805. The lowest BCUT2D eigenvalue weighted by molar-refractivity contribution is -0.129. The van der Waals surface area contributed by atoms with Crippen molar-refractivity contribution in [2.45, 2.75) is 26.7 Å². The fourth-order valence-corrected chi connectivity index (χ4v) is 4.89. The predicted molar refractivity (Wildman–Crippen MR) is 108 cm³/mol. The van der Waals surface area contributed by atoms with Gasteiger partial charge in [-0.1, -0.05) is 24.3 Å². The van der Waals surface area contributed by atoms with Crippen LogP contribution in [-0.4, -0.2) is 45.9 Å². The maximum atomic E-state index is 12.2. The Kier molecular flexibility index (Phi) is 6.19. The molecule has 0 atom stereocenters. The highest BCUT2D eigenvalue weighted by Gasteiger charge is 2.20. The third-order valence-corrected chi connectivity index (χ3v) is 6.77. The Labute approximate surface area is 162 Å². The van der Waals surface area contributed by atoms with Crippen molar-refractivity contribution in [3.8, 4) is 0 Å². The molecule has 1 saturated heterocycles. The normalized spacial score (nSPS) is 16.4. The van der Waals surface area contributed by atoms with Crippen LogP contribution >= 0.6 is 23.1 Å². The first-order chi connectivity index (χ1) is 12.4. The molecular formula is C19H25N3O2S2. The molecule has 0 aliphatic carbocycles. The van der Waals surface area contributed by atoms with Crippen LogP contribution in [0.5, 0.6) is 0 Å². The first kappa shape index (κ1) is 19.2. The second-order valence-corrected chi connectivity index (χ2v) is 8.97. The second kappa shape index (κ2) is 8.39. The minimum atomic E-state index is -0.186. The van der Waals surface area contributed by atoms with Crippen molar-refractivity contribution >= 4 is 45.1 Å². The van der Waals surface area contributed by atoms with Crippen molar-refractivity contribution in [3.63, 3.8) is 0 Å². The molecule has 0 unspecified atom stereocenters. The van der Waals surface area contributed by atoms with Gasteiger partial charge in [-0.15, -0.1) is 11.8 Å². The van der Waals surface area contributed by atoms with Crippen LogP contribution in [0.2, 0.25) is 0 Å². The largest absolute Gasteiger partial charge is 0.342 e. The van der Waals surface area contributed by atoms with E-state index in [0.29, 0.717) is 16.5 Å². The number of aryl methyl sites for hydroxylation is 2. The van der Waals surface area contributed by atoms with Crippen LogP contribution in [0.25, 0.3) is 10.2 Å². The van der Waals surface area contributed by atoms with E-state index in [9.17, 15) is 9.59 Å². The molecule has 5 nitrogen and oxygen atoms in total. The topological polar surface area (TPSA) is 54.7 Å². The minimum absolute atomic E-state index is 0.137. The fourth-order valence-electron chi connectivity index (χ4n) is 3.06. The highest BCUT2D eigenvalue weighted by Crippen LogP contribution is 2.18. The van der Waals surface area contributed by atoms with Gasteiger partial charge in [-0.25, -0.2) is 0 Å². The number of carbonyl (C=O) groups is 2. The van der Waals surface area contributed by atoms with Gasteiger partial charge in [-0.3, -0.25) is 9.59 Å². The Morgan fingerprint density at radius 2 is 2.00 bits per heavy atom. The predicted octanol–water partition coefficient (Wildman–Crippen LogP) is 2.97. The van der Waals surface area contributed by atoms with Crippen LogP contribution < -0.4 is 4.80 Å². The van der Waals surface area contributed by atoms with Crippen molar-refractivity contribution in [2.75, 3.05) is 24.6 Å². The number of carbonyl (C=O) groups excluding carboxylic acids is 2. The van der Waals surface area contributed by atoms with E-state index in [1.54, 1.807) is 0 Å². The monoisotopic (exact) mass is 391 g/mol. The van der Waals surface area contributed by atoms with Crippen LogP contribution in [-0.2, 0) is 16.6 Å². The van der Waals surface area contributed by atoms with Gasteiger partial charge in [-0.05, 0) is 43.4 Å². The lowest BCUT2D eigenvalue weighted by atomic mass is 9.99. The molecule has 1 aromatic carbocycles. The fraction of sp³-hybridized carbons (Fsp3) is 0.526. The summed E-state index contributed by atoms with van der Waals surface area (Å²) in [6.07, 6.45) is 2.15. The van der Waals surface area contributed by atoms with Crippen LogP contribution in [0, 0.1) is 12.8 Å². The van der Waals surface area contributed by atoms with Gasteiger partial charge in [0.25, 0.3) is 5.91 Å². The Bertz CT molecular complexity index is 877. The zero-order chi connectivity index (χ0) is 18.7. The van der Waals surface area contributed by atoms with Crippen molar-refractivity contribution in [1.29, 1.82) is 0 Å². The average molecular weight is 392 g/mol. The second-order valence-electron chi connectivity index (χ2n) is 6.98. The molecule has 7 heteroatoms. The Morgan fingerprint density at radius 1 is 1.27 bits per heavy atom. The Balaban J connectivity index is 1.56. The number of thioether (sulfide) groups is 1. The summed E-state index contributed by atoms with van der Waals surface area (Å²) < 4.78 is 3.07. The number of likely N-dealkylation sites (tertiary alicyclic amines) is 1.